The molecule has 0 bridgehead atoms. The molecule has 0 radical (unpaired) electrons. The average molecular weight is 228 g/mol. The van der Waals surface area contributed by atoms with Crippen molar-refractivity contribution in [3.63, 3.8) is 0 Å². The molecule has 2 heteroatoms. The Kier molecular flexibility index (Phi) is 8.96. The minimum Gasteiger partial charge on any atom is -0.329 e. The van der Waals surface area contributed by atoms with E-state index in [0.717, 1.165) is 24.9 Å². The van der Waals surface area contributed by atoms with Gasteiger partial charge >= 0.3 is 0 Å². The molecular weight excluding hydrogens is 196 g/mol. The van der Waals surface area contributed by atoms with Crippen molar-refractivity contribution in [2.24, 2.45) is 17.6 Å². The van der Waals surface area contributed by atoms with Crippen LogP contribution in [0.25, 0.3) is 0 Å². The van der Waals surface area contributed by atoms with Gasteiger partial charge in [0.05, 0.1) is 0 Å². The maximum atomic E-state index is 5.98. The van der Waals surface area contributed by atoms with Crippen LogP contribution in [-0.2, 0) is 0 Å². The first-order valence-electron chi connectivity index (χ1n) is 7.08. The fourth-order valence-corrected chi connectivity index (χ4v) is 2.50. The molecule has 16 heavy (non-hydrogen) atoms. The summed E-state index contributed by atoms with van der Waals surface area (Å²) in [5.41, 5.74) is 5.98. The van der Waals surface area contributed by atoms with Crippen LogP contribution >= 0.6 is 0 Å². The van der Waals surface area contributed by atoms with Crippen molar-refractivity contribution < 1.29 is 0 Å². The highest BCUT2D eigenvalue weighted by Gasteiger charge is 2.23. The molecule has 2 atom stereocenters. The van der Waals surface area contributed by atoms with Gasteiger partial charge in [-0.15, -0.1) is 0 Å². The molecule has 0 rings (SSSR count). The molecule has 2 N–H and O–H groups in total. The molecule has 0 aromatic rings. The first-order chi connectivity index (χ1) is 7.64. The molecule has 0 aromatic carbocycles. The number of hydrogen-bond acceptors (Lipinski definition) is 2. The fraction of sp³-hybridized carbons (Fsp3) is 1.00. The van der Waals surface area contributed by atoms with Crippen molar-refractivity contribution in [1.29, 1.82) is 0 Å². The van der Waals surface area contributed by atoms with E-state index in [0.29, 0.717) is 6.04 Å². The quantitative estimate of drug-likeness (QED) is 0.657. The lowest BCUT2D eigenvalue weighted by Crippen LogP contribution is -2.47. The summed E-state index contributed by atoms with van der Waals surface area (Å²) >= 11 is 0. The van der Waals surface area contributed by atoms with Crippen molar-refractivity contribution in [3.8, 4) is 0 Å². The smallest absolute Gasteiger partial charge is 0.0246 e. The van der Waals surface area contributed by atoms with Gasteiger partial charge < -0.3 is 5.73 Å². The maximum absolute atomic E-state index is 5.98. The monoisotopic (exact) mass is 228 g/mol. The second-order valence-electron chi connectivity index (χ2n) is 4.98. The summed E-state index contributed by atoms with van der Waals surface area (Å²) in [5, 5.41) is 0. The van der Waals surface area contributed by atoms with E-state index in [4.69, 9.17) is 5.73 Å². The van der Waals surface area contributed by atoms with Crippen LogP contribution in [0.4, 0.5) is 0 Å². The lowest BCUT2D eigenvalue weighted by Gasteiger charge is -2.36. The Hall–Kier alpha value is -0.0800. The van der Waals surface area contributed by atoms with Gasteiger partial charge in [0.25, 0.3) is 0 Å². The van der Waals surface area contributed by atoms with E-state index in [1.807, 2.05) is 0 Å². The van der Waals surface area contributed by atoms with Gasteiger partial charge in [-0.3, -0.25) is 4.90 Å². The normalized spacial score (nSPS) is 15.8. The third kappa shape index (κ3) is 4.84. The number of likely N-dealkylation sites (N-methyl/N-ethyl adjacent to an activating group) is 1. The lowest BCUT2D eigenvalue weighted by atomic mass is 9.92. The standard InChI is InChI=1S/C14H32N2/c1-6-12(5)11-16(9-4)14(10-15)13(7-2)8-3/h12-14H,6-11,15H2,1-5H3. The molecule has 0 aromatic heterocycles. The predicted molar refractivity (Wildman–Crippen MR) is 73.6 cm³/mol. The molecule has 0 aliphatic rings. The van der Waals surface area contributed by atoms with Crippen molar-refractivity contribution >= 4 is 0 Å². The summed E-state index contributed by atoms with van der Waals surface area (Å²) in [6.45, 7) is 14.6. The van der Waals surface area contributed by atoms with Gasteiger partial charge in [-0.2, -0.15) is 0 Å². The summed E-state index contributed by atoms with van der Waals surface area (Å²) in [7, 11) is 0. The SMILES string of the molecule is CCC(C)CN(CC)C(CN)C(CC)CC. The Morgan fingerprint density at radius 2 is 1.56 bits per heavy atom. The van der Waals surface area contributed by atoms with Crippen LogP contribution in [0, 0.1) is 11.8 Å². The summed E-state index contributed by atoms with van der Waals surface area (Å²) in [4.78, 5) is 2.59. The fourth-order valence-electron chi connectivity index (χ4n) is 2.50. The van der Waals surface area contributed by atoms with Crippen LogP contribution < -0.4 is 5.73 Å². The molecule has 0 saturated carbocycles. The lowest BCUT2D eigenvalue weighted by molar-refractivity contribution is 0.127. The van der Waals surface area contributed by atoms with Gasteiger partial charge in [0.2, 0.25) is 0 Å². The largest absolute Gasteiger partial charge is 0.329 e. The van der Waals surface area contributed by atoms with Crippen LogP contribution in [-0.4, -0.2) is 30.6 Å². The molecule has 0 aliphatic carbocycles. The van der Waals surface area contributed by atoms with Gasteiger partial charge in [-0.25, -0.2) is 0 Å². The van der Waals surface area contributed by atoms with E-state index in [1.54, 1.807) is 0 Å². The van der Waals surface area contributed by atoms with Crippen LogP contribution in [0.3, 0.4) is 0 Å². The number of nitrogens with two attached hydrogens (primary N) is 1. The first-order valence-corrected chi connectivity index (χ1v) is 7.08. The highest BCUT2D eigenvalue weighted by Crippen LogP contribution is 2.19. The molecule has 0 spiro atoms. The van der Waals surface area contributed by atoms with Crippen molar-refractivity contribution in [2.75, 3.05) is 19.6 Å². The topological polar surface area (TPSA) is 29.3 Å². The van der Waals surface area contributed by atoms with E-state index in [2.05, 4.69) is 39.5 Å². The van der Waals surface area contributed by atoms with Crippen LogP contribution in [0.15, 0.2) is 0 Å². The summed E-state index contributed by atoms with van der Waals surface area (Å²) < 4.78 is 0. The van der Waals surface area contributed by atoms with E-state index >= 15 is 0 Å². The molecule has 0 fully saturated rings. The zero-order valence-electron chi connectivity index (χ0n) is 12.0. The zero-order chi connectivity index (χ0) is 12.6. The Bertz CT molecular complexity index is 155. The number of hydrogen-bond donors (Lipinski definition) is 1. The van der Waals surface area contributed by atoms with Gasteiger partial charge in [0.1, 0.15) is 0 Å². The average Bonchev–Trinajstić information content (AvgIpc) is 2.33. The van der Waals surface area contributed by atoms with Gasteiger partial charge in [0.15, 0.2) is 0 Å². The van der Waals surface area contributed by atoms with Crippen LogP contribution in [0.2, 0.25) is 0 Å². The maximum Gasteiger partial charge on any atom is 0.0246 e. The van der Waals surface area contributed by atoms with Crippen molar-refractivity contribution in [2.45, 2.75) is 59.9 Å². The third-order valence-electron chi connectivity index (χ3n) is 3.95. The summed E-state index contributed by atoms with van der Waals surface area (Å²) in [5.74, 6) is 1.54. The van der Waals surface area contributed by atoms with Gasteiger partial charge in [-0.1, -0.05) is 53.9 Å². The Morgan fingerprint density at radius 1 is 1.00 bits per heavy atom. The molecule has 0 aliphatic heterocycles. The van der Waals surface area contributed by atoms with Gasteiger partial charge in [0, 0.05) is 19.1 Å². The Balaban J connectivity index is 4.47. The minimum atomic E-state index is 0.578. The molecule has 0 saturated heterocycles. The minimum absolute atomic E-state index is 0.578. The molecule has 2 unspecified atom stereocenters. The predicted octanol–water partition coefficient (Wildman–Crippen LogP) is 3.12. The molecule has 2 nitrogen and oxygen atoms in total. The van der Waals surface area contributed by atoms with E-state index in [1.165, 1.54) is 25.8 Å². The van der Waals surface area contributed by atoms with Crippen molar-refractivity contribution in [3.05, 3.63) is 0 Å². The first kappa shape index (κ1) is 15.9. The summed E-state index contributed by atoms with van der Waals surface area (Å²) in [6, 6.07) is 0.578. The second kappa shape index (κ2) is 9.00. The van der Waals surface area contributed by atoms with Crippen molar-refractivity contribution in [1.82, 2.24) is 4.90 Å². The highest BCUT2D eigenvalue weighted by molar-refractivity contribution is 4.79. The van der Waals surface area contributed by atoms with E-state index < -0.39 is 0 Å². The highest BCUT2D eigenvalue weighted by atomic mass is 15.2. The molecule has 0 heterocycles. The van der Waals surface area contributed by atoms with Crippen LogP contribution in [0.1, 0.15) is 53.9 Å². The summed E-state index contributed by atoms with van der Waals surface area (Å²) in [6.07, 6.45) is 3.75. The molecular formula is C14H32N2. The van der Waals surface area contributed by atoms with E-state index in [9.17, 15) is 0 Å². The zero-order valence-corrected chi connectivity index (χ0v) is 12.0. The third-order valence-corrected chi connectivity index (χ3v) is 3.95. The Labute approximate surface area is 103 Å². The second-order valence-corrected chi connectivity index (χ2v) is 4.98. The number of rotatable bonds is 9. The number of nitrogens with zero attached hydrogens (tertiary/aromatic N) is 1. The Morgan fingerprint density at radius 3 is 1.88 bits per heavy atom. The van der Waals surface area contributed by atoms with E-state index in [-0.39, 0.29) is 0 Å². The van der Waals surface area contributed by atoms with Gasteiger partial charge in [-0.05, 0) is 18.4 Å². The van der Waals surface area contributed by atoms with Crippen LogP contribution in [0.5, 0.6) is 0 Å². The molecule has 98 valence electrons. The molecule has 0 amide bonds.